The summed E-state index contributed by atoms with van der Waals surface area (Å²) < 4.78 is 11.0. The number of benzene rings is 2. The van der Waals surface area contributed by atoms with E-state index < -0.39 is 0 Å². The average Bonchev–Trinajstić information content (AvgIpc) is 2.74. The third-order valence-corrected chi connectivity index (χ3v) is 4.30. The van der Waals surface area contributed by atoms with Crippen LogP contribution in [0.5, 0.6) is 11.6 Å². The number of amides is 1. The first-order valence-electron chi connectivity index (χ1n) is 9.65. The topological polar surface area (TPSA) is 73.3 Å². The normalized spacial score (nSPS) is 10.6. The minimum Gasteiger partial charge on any atom is -0.483 e. The highest BCUT2D eigenvalue weighted by Gasteiger charge is 2.10. The second kappa shape index (κ2) is 9.68. The lowest BCUT2D eigenvalue weighted by Gasteiger charge is -2.13. The molecule has 0 radical (unpaired) electrons. The van der Waals surface area contributed by atoms with E-state index in [-0.39, 0.29) is 12.5 Å². The Morgan fingerprint density at radius 3 is 2.38 bits per heavy atom. The van der Waals surface area contributed by atoms with Gasteiger partial charge in [-0.1, -0.05) is 44.2 Å². The molecule has 150 valence electrons. The average molecular weight is 391 g/mol. The fraction of sp³-hybridized carbons (Fsp3) is 0.261. The van der Waals surface area contributed by atoms with Gasteiger partial charge in [-0.25, -0.2) is 0 Å². The van der Waals surface area contributed by atoms with Crippen molar-refractivity contribution in [2.45, 2.75) is 26.7 Å². The molecular formula is C23H25N3O3. The molecule has 0 bridgehead atoms. The van der Waals surface area contributed by atoms with Gasteiger partial charge in [-0.15, -0.1) is 10.2 Å². The van der Waals surface area contributed by atoms with Gasteiger partial charge in [0.05, 0.1) is 12.3 Å². The van der Waals surface area contributed by atoms with Crippen molar-refractivity contribution in [2.75, 3.05) is 18.5 Å². The van der Waals surface area contributed by atoms with E-state index in [4.69, 9.17) is 9.47 Å². The van der Waals surface area contributed by atoms with Gasteiger partial charge in [0, 0.05) is 17.3 Å². The molecule has 0 atom stereocenters. The van der Waals surface area contributed by atoms with E-state index >= 15 is 0 Å². The zero-order chi connectivity index (χ0) is 20.6. The van der Waals surface area contributed by atoms with E-state index in [0.717, 1.165) is 22.6 Å². The summed E-state index contributed by atoms with van der Waals surface area (Å²) in [5.74, 6) is 1.35. The predicted octanol–water partition coefficient (Wildman–Crippen LogP) is 4.68. The number of carbonyl (C=O) groups is 1. The van der Waals surface area contributed by atoms with Gasteiger partial charge < -0.3 is 14.8 Å². The second-order valence-corrected chi connectivity index (χ2v) is 6.80. The quantitative estimate of drug-likeness (QED) is 0.603. The molecule has 6 heteroatoms. The minimum atomic E-state index is -0.211. The molecule has 1 aromatic heterocycles. The summed E-state index contributed by atoms with van der Waals surface area (Å²) >= 11 is 0. The van der Waals surface area contributed by atoms with Crippen LogP contribution in [0, 0.1) is 0 Å². The standard InChI is InChI=1S/C23H25N3O3/c1-4-28-23-14-13-20(25-26-23)17-9-11-18(12-10-17)24-22(27)15-29-21-8-6-5-7-19(21)16(2)3/h5-14,16H,4,15H2,1-3H3,(H,24,27). The van der Waals surface area contributed by atoms with E-state index in [0.29, 0.717) is 24.1 Å². The molecular weight excluding hydrogens is 366 g/mol. The Balaban J connectivity index is 1.57. The zero-order valence-corrected chi connectivity index (χ0v) is 16.9. The van der Waals surface area contributed by atoms with Gasteiger partial charge in [0.1, 0.15) is 5.75 Å². The molecule has 0 fully saturated rings. The largest absolute Gasteiger partial charge is 0.483 e. The summed E-state index contributed by atoms with van der Waals surface area (Å²) in [6, 6.07) is 18.8. The number of hydrogen-bond donors (Lipinski definition) is 1. The molecule has 6 nitrogen and oxygen atoms in total. The Morgan fingerprint density at radius 2 is 1.72 bits per heavy atom. The number of ether oxygens (including phenoxy) is 2. The van der Waals surface area contributed by atoms with Crippen LogP contribution in [0.1, 0.15) is 32.3 Å². The number of nitrogens with one attached hydrogen (secondary N) is 1. The molecule has 0 spiro atoms. The van der Waals surface area contributed by atoms with E-state index in [9.17, 15) is 4.79 Å². The first kappa shape index (κ1) is 20.3. The third kappa shape index (κ3) is 5.54. The maximum Gasteiger partial charge on any atom is 0.262 e. The molecule has 1 N–H and O–H groups in total. The lowest BCUT2D eigenvalue weighted by Crippen LogP contribution is -2.20. The predicted molar refractivity (Wildman–Crippen MR) is 113 cm³/mol. The van der Waals surface area contributed by atoms with Crippen LogP contribution in [0.2, 0.25) is 0 Å². The fourth-order valence-corrected chi connectivity index (χ4v) is 2.85. The zero-order valence-electron chi connectivity index (χ0n) is 16.9. The van der Waals surface area contributed by atoms with Crippen LogP contribution < -0.4 is 14.8 Å². The maximum absolute atomic E-state index is 12.2. The third-order valence-electron chi connectivity index (χ3n) is 4.30. The van der Waals surface area contributed by atoms with Crippen LogP contribution in [0.3, 0.4) is 0 Å². The van der Waals surface area contributed by atoms with Gasteiger partial charge >= 0.3 is 0 Å². The molecule has 0 unspecified atom stereocenters. The lowest BCUT2D eigenvalue weighted by atomic mass is 10.0. The number of carbonyl (C=O) groups excluding carboxylic acids is 1. The van der Waals surface area contributed by atoms with Crippen LogP contribution in [-0.4, -0.2) is 29.3 Å². The summed E-state index contributed by atoms with van der Waals surface area (Å²) in [5.41, 5.74) is 3.42. The minimum absolute atomic E-state index is 0.0458. The smallest absolute Gasteiger partial charge is 0.262 e. The maximum atomic E-state index is 12.2. The molecule has 1 heterocycles. The molecule has 1 amide bonds. The van der Waals surface area contributed by atoms with Crippen molar-refractivity contribution in [1.29, 1.82) is 0 Å². The Bertz CT molecular complexity index is 938. The summed E-state index contributed by atoms with van der Waals surface area (Å²) in [7, 11) is 0. The van der Waals surface area contributed by atoms with Crippen molar-refractivity contribution in [3.05, 3.63) is 66.2 Å². The second-order valence-electron chi connectivity index (χ2n) is 6.80. The number of anilines is 1. The SMILES string of the molecule is CCOc1ccc(-c2ccc(NC(=O)COc3ccccc3C(C)C)cc2)nn1. The highest BCUT2D eigenvalue weighted by molar-refractivity contribution is 5.92. The van der Waals surface area contributed by atoms with Gasteiger partial charge in [0.15, 0.2) is 6.61 Å². The molecule has 0 saturated heterocycles. The molecule has 3 aromatic rings. The van der Waals surface area contributed by atoms with E-state index in [1.165, 1.54) is 0 Å². The number of nitrogens with zero attached hydrogens (tertiary/aromatic N) is 2. The van der Waals surface area contributed by atoms with Crippen LogP contribution in [-0.2, 0) is 4.79 Å². The van der Waals surface area contributed by atoms with Crippen molar-refractivity contribution in [2.24, 2.45) is 0 Å². The van der Waals surface area contributed by atoms with Crippen molar-refractivity contribution in [3.8, 4) is 22.9 Å². The monoisotopic (exact) mass is 391 g/mol. The first-order valence-corrected chi connectivity index (χ1v) is 9.65. The number of para-hydroxylation sites is 1. The van der Waals surface area contributed by atoms with Crippen molar-refractivity contribution >= 4 is 11.6 Å². The van der Waals surface area contributed by atoms with Crippen LogP contribution in [0.4, 0.5) is 5.69 Å². The molecule has 29 heavy (non-hydrogen) atoms. The molecule has 0 saturated carbocycles. The van der Waals surface area contributed by atoms with Crippen LogP contribution in [0.25, 0.3) is 11.3 Å². The van der Waals surface area contributed by atoms with Crippen molar-refractivity contribution in [1.82, 2.24) is 10.2 Å². The Labute approximate surface area is 170 Å². The van der Waals surface area contributed by atoms with E-state index in [1.807, 2.05) is 61.5 Å². The Kier molecular flexibility index (Phi) is 6.79. The fourth-order valence-electron chi connectivity index (χ4n) is 2.85. The van der Waals surface area contributed by atoms with Crippen molar-refractivity contribution < 1.29 is 14.3 Å². The van der Waals surface area contributed by atoms with E-state index in [2.05, 4.69) is 29.4 Å². The number of hydrogen-bond acceptors (Lipinski definition) is 5. The van der Waals surface area contributed by atoms with Gasteiger partial charge in [0.25, 0.3) is 5.91 Å². The van der Waals surface area contributed by atoms with Gasteiger partial charge in [-0.2, -0.15) is 0 Å². The molecule has 3 rings (SSSR count). The van der Waals surface area contributed by atoms with Crippen LogP contribution >= 0.6 is 0 Å². The Hall–Kier alpha value is -3.41. The molecule has 2 aromatic carbocycles. The summed E-state index contributed by atoms with van der Waals surface area (Å²) in [5, 5.41) is 11.0. The molecule has 0 aliphatic rings. The van der Waals surface area contributed by atoms with Crippen LogP contribution in [0.15, 0.2) is 60.7 Å². The van der Waals surface area contributed by atoms with Gasteiger partial charge in [0.2, 0.25) is 5.88 Å². The number of aromatic nitrogens is 2. The number of rotatable bonds is 8. The molecule has 0 aliphatic heterocycles. The Morgan fingerprint density at radius 1 is 0.966 bits per heavy atom. The first-order chi connectivity index (χ1) is 14.1. The van der Waals surface area contributed by atoms with Crippen molar-refractivity contribution in [3.63, 3.8) is 0 Å². The van der Waals surface area contributed by atoms with Gasteiger partial charge in [-0.3, -0.25) is 4.79 Å². The van der Waals surface area contributed by atoms with E-state index in [1.54, 1.807) is 6.07 Å². The molecule has 0 aliphatic carbocycles. The lowest BCUT2D eigenvalue weighted by molar-refractivity contribution is -0.118. The summed E-state index contributed by atoms with van der Waals surface area (Å²) in [6.45, 7) is 6.60. The highest BCUT2D eigenvalue weighted by atomic mass is 16.5. The highest BCUT2D eigenvalue weighted by Crippen LogP contribution is 2.26. The summed E-state index contributed by atoms with van der Waals surface area (Å²) in [6.07, 6.45) is 0. The summed E-state index contributed by atoms with van der Waals surface area (Å²) in [4.78, 5) is 12.2. The van der Waals surface area contributed by atoms with Gasteiger partial charge in [-0.05, 0) is 42.7 Å².